The Balaban J connectivity index is 0.749. The Hall–Kier alpha value is -8.22. The fourth-order valence-corrected chi connectivity index (χ4v) is 18.5. The molecule has 2 atom stereocenters. The number of alkyl halides is 6. The molecular weight excluding hydrogens is 1110 g/mol. The van der Waals surface area contributed by atoms with Crippen LogP contribution in [-0.2, 0) is 27.1 Å². The van der Waals surface area contributed by atoms with Gasteiger partial charge >= 0.3 is 12.4 Å². The van der Waals surface area contributed by atoms with Gasteiger partial charge in [-0.1, -0.05) is 201 Å². The average molecular weight is 1180 g/mol. The Labute approximate surface area is 519 Å². The second-order valence-electron chi connectivity index (χ2n) is 26.1. The molecule has 0 bridgehead atoms. The maximum Gasteiger partial charge on any atom is 0.402 e. The molecular formula is C83H72F6. The summed E-state index contributed by atoms with van der Waals surface area (Å²) in [5, 5.41) is 0. The molecule has 2 unspecified atom stereocenters. The first-order valence-electron chi connectivity index (χ1n) is 32.4. The lowest BCUT2D eigenvalue weighted by atomic mass is 9.72. The van der Waals surface area contributed by atoms with Crippen LogP contribution in [0.2, 0.25) is 0 Å². The highest BCUT2D eigenvalue weighted by Gasteiger charge is 2.61. The van der Waals surface area contributed by atoms with E-state index in [0.29, 0.717) is 44.5 Å². The molecule has 446 valence electrons. The van der Waals surface area contributed by atoms with Crippen molar-refractivity contribution in [1.82, 2.24) is 0 Å². The molecule has 0 radical (unpaired) electrons. The molecule has 0 aliphatic heterocycles. The minimum absolute atomic E-state index is 0.0775. The van der Waals surface area contributed by atoms with Gasteiger partial charge < -0.3 is 0 Å². The van der Waals surface area contributed by atoms with Crippen LogP contribution in [0.15, 0.2) is 194 Å². The van der Waals surface area contributed by atoms with Crippen LogP contribution in [0.3, 0.4) is 0 Å². The standard InChI is InChI=1S/C83H72F6/c1-9-77(10-2)69-41-49(51-27-35-61-63-37-29-53(45-73(63)78(11-3,12-4)71(61)43-51)55-31-39-65-57-21-17-19-23-67(57)80(15-7,75(65)47-55)82(84,85)86)25-33-59(69)60-34-26-50(42-70(60)77)52-28-36-62-64-38-30-54(46-74(64)79(13-5,14-6)72(62)44-52)56-32-40-66-58-22-18-20-24-68(58)81(16-8,76(66)48-56)83(87,88)89/h17-48H,9-16H2,1-8H3. The zero-order valence-corrected chi connectivity index (χ0v) is 51.9. The molecule has 0 nitrogen and oxygen atoms in total. The van der Waals surface area contributed by atoms with E-state index >= 15 is 26.3 Å². The van der Waals surface area contributed by atoms with E-state index in [2.05, 4.69) is 151 Å². The van der Waals surface area contributed by atoms with E-state index in [0.717, 1.165) is 60.8 Å². The summed E-state index contributed by atoms with van der Waals surface area (Å²) in [4.78, 5) is 0. The van der Waals surface area contributed by atoms with Crippen molar-refractivity contribution in [2.45, 2.75) is 146 Å². The molecule has 0 spiro atoms. The normalized spacial score (nSPS) is 18.7. The van der Waals surface area contributed by atoms with Crippen LogP contribution in [-0.4, -0.2) is 12.4 Å². The van der Waals surface area contributed by atoms with Crippen LogP contribution in [0.5, 0.6) is 0 Å². The van der Waals surface area contributed by atoms with Gasteiger partial charge in [0.05, 0.1) is 0 Å². The van der Waals surface area contributed by atoms with Gasteiger partial charge in [-0.25, -0.2) is 0 Å². The second-order valence-corrected chi connectivity index (χ2v) is 26.1. The molecule has 0 aromatic heterocycles. The molecule has 0 heterocycles. The molecule has 0 N–H and O–H groups in total. The topological polar surface area (TPSA) is 0 Å². The second kappa shape index (κ2) is 19.9. The molecule has 0 fully saturated rings. The number of rotatable bonds is 12. The predicted octanol–water partition coefficient (Wildman–Crippen LogP) is 24.1. The Bertz CT molecular complexity index is 4310. The van der Waals surface area contributed by atoms with E-state index in [1.807, 2.05) is 60.7 Å². The van der Waals surface area contributed by atoms with Crippen LogP contribution < -0.4 is 0 Å². The summed E-state index contributed by atoms with van der Waals surface area (Å²) in [5.74, 6) is 0. The molecule has 6 heteroatoms. The van der Waals surface area contributed by atoms with Crippen molar-refractivity contribution in [3.05, 3.63) is 250 Å². The molecule has 0 amide bonds. The van der Waals surface area contributed by atoms with Gasteiger partial charge in [-0.15, -0.1) is 0 Å². The maximum absolute atomic E-state index is 15.5. The number of hydrogen-bond acceptors (Lipinski definition) is 0. The fourth-order valence-electron chi connectivity index (χ4n) is 18.5. The lowest BCUT2D eigenvalue weighted by Gasteiger charge is -2.33. The van der Waals surface area contributed by atoms with E-state index in [-0.39, 0.29) is 29.1 Å². The van der Waals surface area contributed by atoms with Crippen molar-refractivity contribution in [1.29, 1.82) is 0 Å². The summed E-state index contributed by atoms with van der Waals surface area (Å²) in [5.41, 5.74) is 22.4. The SMILES string of the molecule is CCC1(CC)c2cc(-c3ccc4c(c3)C(CC)(CC)c3cc(-c5ccc6c(c5)C(CC)(C(F)(F)F)c5ccccc5-6)ccc3-4)ccc2-c2ccc(-c3ccc4c(c3)C(CC)(CC)c3cc(-c5ccc6c(c5)C(CC)(C(F)(F)F)c5ccccc5-6)ccc3-4)cc21. The van der Waals surface area contributed by atoms with Crippen LogP contribution in [0.4, 0.5) is 26.3 Å². The molecule has 0 saturated heterocycles. The molecule has 5 aliphatic carbocycles. The highest BCUT2D eigenvalue weighted by atomic mass is 19.4. The van der Waals surface area contributed by atoms with Gasteiger partial charge in [0.25, 0.3) is 0 Å². The Morgan fingerprint density at radius 2 is 0.393 bits per heavy atom. The third-order valence-corrected chi connectivity index (χ3v) is 23.4. The number of fused-ring (bicyclic) bond motifs is 15. The zero-order valence-electron chi connectivity index (χ0n) is 51.9. The predicted molar refractivity (Wildman–Crippen MR) is 354 cm³/mol. The van der Waals surface area contributed by atoms with Crippen LogP contribution in [0.25, 0.3) is 100 Å². The van der Waals surface area contributed by atoms with Gasteiger partial charge in [0, 0.05) is 16.2 Å². The fraction of sp³-hybridized carbons (Fsp3) is 0.277. The maximum atomic E-state index is 15.5. The van der Waals surface area contributed by atoms with Gasteiger partial charge in [-0.3, -0.25) is 0 Å². The summed E-state index contributed by atoms with van der Waals surface area (Å²) in [7, 11) is 0. The van der Waals surface area contributed by atoms with Gasteiger partial charge in [0.1, 0.15) is 10.8 Å². The van der Waals surface area contributed by atoms with Crippen molar-refractivity contribution in [2.75, 3.05) is 0 Å². The zero-order chi connectivity index (χ0) is 62.0. The van der Waals surface area contributed by atoms with Gasteiger partial charge in [0.15, 0.2) is 0 Å². The molecule has 15 rings (SSSR count). The lowest BCUT2D eigenvalue weighted by molar-refractivity contribution is -0.178. The Morgan fingerprint density at radius 3 is 0.584 bits per heavy atom. The molecule has 10 aromatic rings. The van der Waals surface area contributed by atoms with Crippen LogP contribution in [0.1, 0.15) is 162 Å². The first-order chi connectivity index (χ1) is 42.9. The highest BCUT2D eigenvalue weighted by molar-refractivity contribution is 5.93. The number of benzene rings is 10. The first-order valence-corrected chi connectivity index (χ1v) is 32.4. The lowest BCUT2D eigenvalue weighted by Crippen LogP contribution is -2.41. The number of hydrogen-bond donors (Lipinski definition) is 0. The number of halogens is 6. The average Bonchev–Trinajstić information content (AvgIpc) is 1.62. The van der Waals surface area contributed by atoms with Crippen molar-refractivity contribution in [3.63, 3.8) is 0 Å². The minimum atomic E-state index is -4.47. The largest absolute Gasteiger partial charge is 0.402 e. The van der Waals surface area contributed by atoms with Gasteiger partial charge in [-0.05, 0) is 256 Å². The smallest absolute Gasteiger partial charge is 0.170 e. The summed E-state index contributed by atoms with van der Waals surface area (Å²) < 4.78 is 92.8. The van der Waals surface area contributed by atoms with Crippen LogP contribution in [0, 0.1) is 0 Å². The van der Waals surface area contributed by atoms with Crippen molar-refractivity contribution in [3.8, 4) is 100 Å². The quantitative estimate of drug-likeness (QED) is 0.107. The van der Waals surface area contributed by atoms with Gasteiger partial charge in [0.2, 0.25) is 0 Å². The van der Waals surface area contributed by atoms with E-state index in [1.165, 1.54) is 89.0 Å². The third kappa shape index (κ3) is 7.38. The van der Waals surface area contributed by atoms with Crippen molar-refractivity contribution in [2.24, 2.45) is 0 Å². The summed E-state index contributed by atoms with van der Waals surface area (Å²) in [6, 6.07) is 66.9. The molecule has 10 aromatic carbocycles. The van der Waals surface area contributed by atoms with E-state index in [1.54, 1.807) is 38.1 Å². The molecule has 5 aliphatic rings. The summed E-state index contributed by atoms with van der Waals surface area (Å²) in [6.07, 6.45) is -3.73. The van der Waals surface area contributed by atoms with Crippen LogP contribution >= 0.6 is 0 Å². The monoisotopic (exact) mass is 1180 g/mol. The Morgan fingerprint density at radius 1 is 0.213 bits per heavy atom. The first kappa shape index (κ1) is 57.2. The molecule has 0 saturated carbocycles. The van der Waals surface area contributed by atoms with E-state index < -0.39 is 23.2 Å². The van der Waals surface area contributed by atoms with E-state index in [9.17, 15) is 0 Å². The summed E-state index contributed by atoms with van der Waals surface area (Å²) in [6.45, 7) is 17.0. The minimum Gasteiger partial charge on any atom is -0.170 e. The third-order valence-electron chi connectivity index (χ3n) is 23.4. The van der Waals surface area contributed by atoms with Gasteiger partial charge in [-0.2, -0.15) is 26.3 Å². The molecule has 89 heavy (non-hydrogen) atoms. The summed E-state index contributed by atoms with van der Waals surface area (Å²) >= 11 is 0. The highest BCUT2D eigenvalue weighted by Crippen LogP contribution is 2.63. The van der Waals surface area contributed by atoms with Crippen molar-refractivity contribution >= 4 is 0 Å². The van der Waals surface area contributed by atoms with Crippen molar-refractivity contribution < 1.29 is 26.3 Å². The Kier molecular flexibility index (Phi) is 12.8. The van der Waals surface area contributed by atoms with E-state index in [4.69, 9.17) is 0 Å².